The number of hydrogen-bond acceptors (Lipinski definition) is 2. The molecule has 0 unspecified atom stereocenters. The van der Waals surface area contributed by atoms with Crippen LogP contribution in [0.1, 0.15) is 0 Å². The Morgan fingerprint density at radius 1 is 0.909 bits per heavy atom. The molecule has 2 saturated heterocycles. The standard InChI is InChI=1S/C19H23NOSi/c1-20-12-17-18(21)14-22(19(17)13-20,15-8-4-2-5-9-15)16-10-6-3-7-11-16/h2-11,17-19,21H,12-14H2,1H3/t17-,18-,19-/m1/s1. The molecule has 2 heterocycles. The Balaban J connectivity index is 1.91. The highest BCUT2D eigenvalue weighted by atomic mass is 28.3. The molecular weight excluding hydrogens is 286 g/mol. The minimum atomic E-state index is -1.91. The van der Waals surface area contributed by atoms with Crippen molar-refractivity contribution < 1.29 is 5.11 Å². The molecule has 0 spiro atoms. The highest BCUT2D eigenvalue weighted by Crippen LogP contribution is 2.48. The van der Waals surface area contributed by atoms with Gasteiger partial charge in [0.1, 0.15) is 8.07 Å². The smallest absolute Gasteiger partial charge is 0.125 e. The Morgan fingerprint density at radius 2 is 1.45 bits per heavy atom. The zero-order valence-corrected chi connectivity index (χ0v) is 14.0. The predicted octanol–water partition coefficient (Wildman–Crippen LogP) is 1.56. The fourth-order valence-corrected chi connectivity index (χ4v) is 11.1. The first-order valence-electron chi connectivity index (χ1n) is 8.19. The van der Waals surface area contributed by atoms with Crippen molar-refractivity contribution in [2.24, 2.45) is 5.92 Å². The SMILES string of the molecule is CN1C[C@@H]2[C@H](O)C[Si](c3ccccc3)(c3ccccc3)[C@@H]2C1. The summed E-state index contributed by atoms with van der Waals surface area (Å²) in [5.41, 5.74) is 0.622. The van der Waals surface area contributed by atoms with Crippen LogP contribution in [0.3, 0.4) is 0 Å². The number of rotatable bonds is 2. The van der Waals surface area contributed by atoms with Gasteiger partial charge < -0.3 is 10.0 Å². The van der Waals surface area contributed by atoms with Crippen molar-refractivity contribution in [2.75, 3.05) is 20.1 Å². The lowest BCUT2D eigenvalue weighted by Crippen LogP contribution is -2.60. The molecule has 2 aliphatic rings. The van der Waals surface area contributed by atoms with E-state index in [1.807, 2.05) is 0 Å². The summed E-state index contributed by atoms with van der Waals surface area (Å²) in [5.74, 6) is 0.442. The Morgan fingerprint density at radius 3 is 2.00 bits per heavy atom. The largest absolute Gasteiger partial charge is 0.393 e. The van der Waals surface area contributed by atoms with E-state index in [0.717, 1.165) is 19.1 Å². The van der Waals surface area contributed by atoms with E-state index >= 15 is 0 Å². The Hall–Kier alpha value is -1.42. The molecule has 22 heavy (non-hydrogen) atoms. The number of aliphatic hydroxyl groups excluding tert-OH is 1. The number of likely N-dealkylation sites (tertiary alicyclic amines) is 1. The minimum absolute atomic E-state index is 0.151. The van der Waals surface area contributed by atoms with Crippen LogP contribution in [0.4, 0.5) is 0 Å². The molecule has 0 amide bonds. The van der Waals surface area contributed by atoms with Gasteiger partial charge in [0.05, 0.1) is 6.10 Å². The molecule has 0 radical (unpaired) electrons. The van der Waals surface area contributed by atoms with Crippen LogP contribution in [0.15, 0.2) is 60.7 Å². The molecule has 4 rings (SSSR count). The highest BCUT2D eigenvalue weighted by Gasteiger charge is 2.59. The minimum Gasteiger partial charge on any atom is -0.393 e. The van der Waals surface area contributed by atoms with E-state index in [1.54, 1.807) is 0 Å². The van der Waals surface area contributed by atoms with Crippen LogP contribution in [0.25, 0.3) is 0 Å². The van der Waals surface area contributed by atoms with Gasteiger partial charge in [-0.15, -0.1) is 0 Å². The number of fused-ring (bicyclic) bond motifs is 1. The molecule has 0 bridgehead atoms. The first-order valence-corrected chi connectivity index (χ1v) is 10.5. The maximum atomic E-state index is 10.8. The second-order valence-corrected chi connectivity index (χ2v) is 11.2. The van der Waals surface area contributed by atoms with E-state index in [2.05, 4.69) is 72.6 Å². The predicted molar refractivity (Wildman–Crippen MR) is 93.5 cm³/mol. The third kappa shape index (κ3) is 2.00. The fourth-order valence-electron chi connectivity index (χ4n) is 4.88. The summed E-state index contributed by atoms with van der Waals surface area (Å²) >= 11 is 0. The monoisotopic (exact) mass is 309 g/mol. The summed E-state index contributed by atoms with van der Waals surface area (Å²) in [6.45, 7) is 2.16. The summed E-state index contributed by atoms with van der Waals surface area (Å²) < 4.78 is 0. The molecule has 1 N–H and O–H groups in total. The first kappa shape index (κ1) is 14.2. The van der Waals surface area contributed by atoms with Gasteiger partial charge in [0.15, 0.2) is 0 Å². The number of aliphatic hydroxyl groups is 1. The molecule has 114 valence electrons. The number of benzene rings is 2. The third-order valence-electron chi connectivity index (χ3n) is 5.78. The van der Waals surface area contributed by atoms with Crippen molar-refractivity contribution >= 4 is 18.4 Å². The molecule has 2 aromatic rings. The van der Waals surface area contributed by atoms with Gasteiger partial charge in [0, 0.05) is 6.54 Å². The lowest BCUT2D eigenvalue weighted by atomic mass is 10.0. The maximum Gasteiger partial charge on any atom is 0.125 e. The van der Waals surface area contributed by atoms with Crippen LogP contribution in [0, 0.1) is 5.92 Å². The van der Waals surface area contributed by atoms with Gasteiger partial charge in [0.2, 0.25) is 0 Å². The summed E-state index contributed by atoms with van der Waals surface area (Å²) in [6.07, 6.45) is -0.151. The van der Waals surface area contributed by atoms with Crippen molar-refractivity contribution in [1.82, 2.24) is 4.90 Å². The summed E-state index contributed by atoms with van der Waals surface area (Å²) in [6, 6.07) is 23.0. The Kier molecular flexibility index (Phi) is 3.44. The Labute approximate surface area is 133 Å². The van der Waals surface area contributed by atoms with E-state index in [0.29, 0.717) is 11.5 Å². The van der Waals surface area contributed by atoms with E-state index in [1.165, 1.54) is 10.4 Å². The summed E-state index contributed by atoms with van der Waals surface area (Å²) in [4.78, 5) is 2.41. The number of nitrogens with zero attached hydrogens (tertiary/aromatic N) is 1. The summed E-state index contributed by atoms with van der Waals surface area (Å²) in [5, 5.41) is 13.8. The highest BCUT2D eigenvalue weighted by molar-refractivity contribution is 7.04. The van der Waals surface area contributed by atoms with E-state index < -0.39 is 8.07 Å². The number of hydrogen-bond donors (Lipinski definition) is 1. The van der Waals surface area contributed by atoms with Crippen LogP contribution >= 0.6 is 0 Å². The first-order chi connectivity index (χ1) is 10.7. The topological polar surface area (TPSA) is 23.5 Å². The average molecular weight is 309 g/mol. The lowest BCUT2D eigenvalue weighted by Gasteiger charge is -2.34. The van der Waals surface area contributed by atoms with E-state index in [-0.39, 0.29) is 6.10 Å². The van der Waals surface area contributed by atoms with E-state index in [9.17, 15) is 5.11 Å². The van der Waals surface area contributed by atoms with Gasteiger partial charge in [-0.05, 0) is 31.1 Å². The Bertz CT molecular complexity index is 605. The van der Waals surface area contributed by atoms with Crippen molar-refractivity contribution in [2.45, 2.75) is 17.7 Å². The van der Waals surface area contributed by atoms with Gasteiger partial charge in [-0.25, -0.2) is 0 Å². The molecule has 0 aliphatic carbocycles. The van der Waals surface area contributed by atoms with Crippen LogP contribution in [-0.4, -0.2) is 44.3 Å². The maximum absolute atomic E-state index is 10.8. The molecule has 0 aromatic heterocycles. The van der Waals surface area contributed by atoms with Crippen molar-refractivity contribution in [3.05, 3.63) is 60.7 Å². The summed E-state index contributed by atoms with van der Waals surface area (Å²) in [7, 11) is 0.284. The molecule has 2 aromatic carbocycles. The van der Waals surface area contributed by atoms with Gasteiger partial charge in [-0.3, -0.25) is 0 Å². The zero-order valence-electron chi connectivity index (χ0n) is 13.0. The third-order valence-corrected chi connectivity index (χ3v) is 11.4. The molecular formula is C19H23NOSi. The van der Waals surface area contributed by atoms with Crippen LogP contribution < -0.4 is 10.4 Å². The molecule has 2 fully saturated rings. The van der Waals surface area contributed by atoms with Crippen LogP contribution in [0.5, 0.6) is 0 Å². The van der Waals surface area contributed by atoms with Gasteiger partial charge in [0.25, 0.3) is 0 Å². The zero-order chi connectivity index (χ0) is 15.2. The van der Waals surface area contributed by atoms with Gasteiger partial charge in [-0.1, -0.05) is 71.0 Å². The van der Waals surface area contributed by atoms with Crippen molar-refractivity contribution in [1.29, 1.82) is 0 Å². The molecule has 2 aliphatic heterocycles. The van der Waals surface area contributed by atoms with E-state index in [4.69, 9.17) is 0 Å². The fraction of sp³-hybridized carbons (Fsp3) is 0.368. The molecule has 0 saturated carbocycles. The van der Waals surface area contributed by atoms with Crippen LogP contribution in [-0.2, 0) is 0 Å². The lowest BCUT2D eigenvalue weighted by molar-refractivity contribution is 0.141. The van der Waals surface area contributed by atoms with Gasteiger partial charge >= 0.3 is 0 Å². The van der Waals surface area contributed by atoms with Crippen LogP contribution in [0.2, 0.25) is 11.6 Å². The average Bonchev–Trinajstić information content (AvgIpc) is 3.07. The molecule has 3 heteroatoms. The van der Waals surface area contributed by atoms with Crippen molar-refractivity contribution in [3.8, 4) is 0 Å². The quantitative estimate of drug-likeness (QED) is 0.851. The van der Waals surface area contributed by atoms with Crippen molar-refractivity contribution in [3.63, 3.8) is 0 Å². The van der Waals surface area contributed by atoms with Gasteiger partial charge in [-0.2, -0.15) is 0 Å². The molecule has 2 nitrogen and oxygen atoms in total. The second-order valence-electron chi connectivity index (χ2n) is 6.97. The normalized spacial score (nSPS) is 30.4. The second kappa shape index (κ2) is 5.34. The molecule has 3 atom stereocenters.